The van der Waals surface area contributed by atoms with Crippen molar-refractivity contribution in [2.75, 3.05) is 6.61 Å². The molecule has 0 aliphatic carbocycles. The quantitative estimate of drug-likeness (QED) is 0.666. The average molecular weight is 265 g/mol. The summed E-state index contributed by atoms with van der Waals surface area (Å²) in [6.45, 7) is 0.267. The molecule has 0 fully saturated rings. The highest BCUT2D eigenvalue weighted by Crippen LogP contribution is 2.15. The molecule has 3 N–H and O–H groups in total. The lowest BCUT2D eigenvalue weighted by atomic mass is 10.4. The number of nitrogens with zero attached hydrogens (tertiary/aromatic N) is 1. The van der Waals surface area contributed by atoms with Gasteiger partial charge in [-0.25, -0.2) is 24.4 Å². The van der Waals surface area contributed by atoms with Gasteiger partial charge in [-0.1, -0.05) is 11.8 Å². The van der Waals surface area contributed by atoms with Gasteiger partial charge in [0.05, 0.1) is 18.0 Å². The second-order valence-corrected chi connectivity index (χ2v) is 4.66. The minimum atomic E-state index is -0.457. The van der Waals surface area contributed by atoms with Crippen molar-refractivity contribution in [2.24, 2.45) is 0 Å². The van der Waals surface area contributed by atoms with Gasteiger partial charge in [-0.05, 0) is 12.1 Å². The third kappa shape index (κ3) is 2.80. The Morgan fingerprint density at radius 2 is 2.00 bits per heavy atom. The van der Waals surface area contributed by atoms with Crippen molar-refractivity contribution in [1.82, 2.24) is 14.8 Å². The number of H-pyrrole nitrogens is 2. The van der Waals surface area contributed by atoms with Gasteiger partial charge in [0, 0.05) is 11.3 Å². The maximum absolute atomic E-state index is 11.3. The zero-order valence-corrected chi connectivity index (χ0v) is 10.2. The summed E-state index contributed by atoms with van der Waals surface area (Å²) in [5.74, 6) is 5.72. The first-order valence-corrected chi connectivity index (χ1v) is 6.08. The zero-order valence-electron chi connectivity index (χ0n) is 9.40. The minimum absolute atomic E-state index is 0.0410. The summed E-state index contributed by atoms with van der Waals surface area (Å²) < 4.78 is 1.08. The smallest absolute Gasteiger partial charge is 0.344 e. The fraction of sp³-hybridized carbons (Fsp3) is 0.273. The summed E-state index contributed by atoms with van der Waals surface area (Å²) in [6.07, 6.45) is 0.435. The van der Waals surface area contributed by atoms with Crippen LogP contribution in [0.4, 0.5) is 0 Å². The van der Waals surface area contributed by atoms with E-state index in [1.807, 2.05) is 12.1 Å². The van der Waals surface area contributed by atoms with Gasteiger partial charge in [-0.3, -0.25) is 0 Å². The molecular formula is C11H11N3O3S. The van der Waals surface area contributed by atoms with E-state index in [1.54, 1.807) is 0 Å². The molecule has 0 saturated carbocycles. The molecule has 0 amide bonds. The van der Waals surface area contributed by atoms with Crippen molar-refractivity contribution in [3.05, 3.63) is 42.9 Å². The predicted molar refractivity (Wildman–Crippen MR) is 67.7 cm³/mol. The van der Waals surface area contributed by atoms with Gasteiger partial charge in [0.1, 0.15) is 0 Å². The molecule has 0 atom stereocenters. The molecule has 0 aliphatic heterocycles. The SMILES string of the molecule is O=c1[nH][nH]c(=O)n1Cc1ccc(C#CCCO)s1. The molecule has 0 saturated heterocycles. The molecule has 0 aromatic carbocycles. The van der Waals surface area contributed by atoms with Crippen molar-refractivity contribution in [1.29, 1.82) is 0 Å². The molecule has 18 heavy (non-hydrogen) atoms. The Kier molecular flexibility index (Phi) is 3.82. The lowest BCUT2D eigenvalue weighted by Gasteiger charge is -1.93. The van der Waals surface area contributed by atoms with Crippen molar-refractivity contribution >= 4 is 11.3 Å². The molecule has 6 nitrogen and oxygen atoms in total. The van der Waals surface area contributed by atoms with E-state index in [1.165, 1.54) is 11.3 Å². The van der Waals surface area contributed by atoms with E-state index in [-0.39, 0.29) is 13.2 Å². The van der Waals surface area contributed by atoms with Crippen molar-refractivity contribution < 1.29 is 5.11 Å². The Labute approximate surface area is 106 Å². The summed E-state index contributed by atoms with van der Waals surface area (Å²) >= 11 is 1.42. The van der Waals surface area contributed by atoms with Gasteiger partial charge in [0.25, 0.3) is 0 Å². The van der Waals surface area contributed by atoms with Gasteiger partial charge in [-0.15, -0.1) is 11.3 Å². The highest BCUT2D eigenvalue weighted by molar-refractivity contribution is 7.12. The van der Waals surface area contributed by atoms with E-state index < -0.39 is 11.4 Å². The largest absolute Gasteiger partial charge is 0.395 e. The molecule has 2 rings (SSSR count). The molecule has 0 aliphatic rings. The second-order valence-electron chi connectivity index (χ2n) is 3.49. The van der Waals surface area contributed by atoms with Gasteiger partial charge in [0.15, 0.2) is 0 Å². The maximum Gasteiger partial charge on any atom is 0.344 e. The van der Waals surface area contributed by atoms with Crippen LogP contribution in [0.1, 0.15) is 16.2 Å². The molecule has 2 aromatic rings. The number of aliphatic hydroxyl groups is 1. The Hall–Kier alpha value is -2.04. The van der Waals surface area contributed by atoms with E-state index >= 15 is 0 Å². The number of thiophene rings is 1. The lowest BCUT2D eigenvalue weighted by Crippen LogP contribution is -2.26. The third-order valence-electron chi connectivity index (χ3n) is 2.19. The highest BCUT2D eigenvalue weighted by Gasteiger charge is 2.05. The number of hydrogen-bond acceptors (Lipinski definition) is 4. The fourth-order valence-corrected chi connectivity index (χ4v) is 2.24. The van der Waals surface area contributed by atoms with Crippen LogP contribution in [0, 0.1) is 11.8 Å². The summed E-state index contributed by atoms with van der Waals surface area (Å²) in [7, 11) is 0. The number of aromatic nitrogens is 3. The highest BCUT2D eigenvalue weighted by atomic mass is 32.1. The Balaban J connectivity index is 2.15. The Bertz CT molecular complexity index is 668. The predicted octanol–water partition coefficient (Wildman–Crippen LogP) is -0.292. The normalized spacial score (nSPS) is 10.1. The first kappa shape index (κ1) is 12.4. The molecule has 7 heteroatoms. The number of aromatic amines is 2. The van der Waals surface area contributed by atoms with E-state index in [0.717, 1.165) is 14.3 Å². The molecule has 2 aromatic heterocycles. The summed E-state index contributed by atoms with van der Waals surface area (Å²) in [5.41, 5.74) is -0.914. The van der Waals surface area contributed by atoms with Crippen LogP contribution in [-0.4, -0.2) is 26.5 Å². The molecule has 0 unspecified atom stereocenters. The maximum atomic E-state index is 11.3. The van der Waals surface area contributed by atoms with Crippen LogP contribution in [0.3, 0.4) is 0 Å². The van der Waals surface area contributed by atoms with Crippen LogP contribution in [0.15, 0.2) is 21.7 Å². The van der Waals surface area contributed by atoms with Crippen LogP contribution in [0.2, 0.25) is 0 Å². The van der Waals surface area contributed by atoms with Crippen molar-refractivity contribution in [3.63, 3.8) is 0 Å². The van der Waals surface area contributed by atoms with Crippen LogP contribution in [-0.2, 0) is 6.54 Å². The summed E-state index contributed by atoms with van der Waals surface area (Å²) in [6, 6.07) is 3.66. The van der Waals surface area contributed by atoms with Gasteiger partial charge in [-0.2, -0.15) is 0 Å². The number of nitrogens with one attached hydrogen (secondary N) is 2. The van der Waals surface area contributed by atoms with Crippen LogP contribution in [0.5, 0.6) is 0 Å². The first-order chi connectivity index (χ1) is 8.70. The summed E-state index contributed by atoms with van der Waals surface area (Å²) in [5, 5.41) is 13.1. The molecule has 94 valence electrons. The number of aliphatic hydroxyl groups excluding tert-OH is 1. The van der Waals surface area contributed by atoms with E-state index in [9.17, 15) is 9.59 Å². The van der Waals surface area contributed by atoms with Gasteiger partial charge < -0.3 is 5.11 Å². The number of rotatable bonds is 3. The number of hydrogen-bond donors (Lipinski definition) is 3. The van der Waals surface area contributed by atoms with Crippen molar-refractivity contribution in [2.45, 2.75) is 13.0 Å². The summed E-state index contributed by atoms with van der Waals surface area (Å²) in [4.78, 5) is 24.3. The first-order valence-electron chi connectivity index (χ1n) is 5.26. The van der Waals surface area contributed by atoms with Crippen LogP contribution >= 0.6 is 11.3 Å². The Morgan fingerprint density at radius 1 is 1.28 bits per heavy atom. The van der Waals surface area contributed by atoms with Crippen molar-refractivity contribution in [3.8, 4) is 11.8 Å². The topological polar surface area (TPSA) is 90.9 Å². The van der Waals surface area contributed by atoms with E-state index in [0.29, 0.717) is 6.42 Å². The van der Waals surface area contributed by atoms with E-state index in [4.69, 9.17) is 5.11 Å². The fourth-order valence-electron chi connectivity index (χ4n) is 1.37. The van der Waals surface area contributed by atoms with Gasteiger partial charge >= 0.3 is 11.4 Å². The van der Waals surface area contributed by atoms with Gasteiger partial charge in [0.2, 0.25) is 0 Å². The molecule has 0 spiro atoms. The average Bonchev–Trinajstić information content (AvgIpc) is 2.92. The zero-order chi connectivity index (χ0) is 13.0. The minimum Gasteiger partial charge on any atom is -0.395 e. The molecule has 2 heterocycles. The van der Waals surface area contributed by atoms with Crippen LogP contribution in [0.25, 0.3) is 0 Å². The standard InChI is InChI=1S/C11H11N3O3S/c15-6-2-1-3-8-4-5-9(18-8)7-14-10(16)12-13-11(14)17/h4-5,15H,2,6-7H2,(H,12,16)(H,13,17). The molecule has 0 bridgehead atoms. The second kappa shape index (κ2) is 5.53. The van der Waals surface area contributed by atoms with E-state index in [2.05, 4.69) is 22.0 Å². The molecular weight excluding hydrogens is 254 g/mol. The molecule has 0 radical (unpaired) electrons. The van der Waals surface area contributed by atoms with Crippen LogP contribution < -0.4 is 11.4 Å². The lowest BCUT2D eigenvalue weighted by molar-refractivity contribution is 0.305. The monoisotopic (exact) mass is 265 g/mol. The Morgan fingerprint density at radius 3 is 2.67 bits per heavy atom. The third-order valence-corrected chi connectivity index (χ3v) is 3.18.